The van der Waals surface area contributed by atoms with E-state index in [1.54, 1.807) is 0 Å². The van der Waals surface area contributed by atoms with Gasteiger partial charge >= 0.3 is 17.3 Å². The summed E-state index contributed by atoms with van der Waals surface area (Å²) in [6.45, 7) is 1.42. The van der Waals surface area contributed by atoms with Gasteiger partial charge in [0, 0.05) is 19.7 Å². The van der Waals surface area contributed by atoms with Crippen LogP contribution < -0.4 is 11.4 Å². The minimum Gasteiger partial charge on any atom is -0.466 e. The molecule has 1 aromatic carbocycles. The minimum atomic E-state index is -0.978. The largest absolute Gasteiger partial charge is 0.466 e. The first-order chi connectivity index (χ1) is 13.1. The molecule has 0 N–H and O–H groups in total. The predicted octanol–water partition coefficient (Wildman–Crippen LogP) is 1.31. The standard InChI is InChI=1S/C16H16ClFN4O5S/c1-8(13(23)26-4)27-19-7-9-5-12(11(18)6-10(9)17)22-14(24)20(2)16(28)21(3)15(22)25/h5-8H,1-4H3/b19-7+. The molecule has 0 saturated carbocycles. The van der Waals surface area contributed by atoms with Crippen molar-refractivity contribution in [3.8, 4) is 5.69 Å². The Bertz CT molecular complexity index is 1100. The number of carbonyl (C=O) groups excluding carboxylic acids is 1. The number of rotatable bonds is 5. The SMILES string of the molecule is COC(=O)C(C)O/N=C/c1cc(-n2c(=O)n(C)c(=S)n(C)c2=O)c(F)cc1Cl. The maximum Gasteiger partial charge on any atom is 0.349 e. The van der Waals surface area contributed by atoms with Crippen molar-refractivity contribution >= 4 is 36.0 Å². The Kier molecular flexibility index (Phi) is 6.52. The molecule has 1 unspecified atom stereocenters. The van der Waals surface area contributed by atoms with Gasteiger partial charge in [-0.3, -0.25) is 9.13 Å². The summed E-state index contributed by atoms with van der Waals surface area (Å²) in [6.07, 6.45) is 0.135. The third-order valence-electron chi connectivity index (χ3n) is 3.78. The molecular weight excluding hydrogens is 415 g/mol. The molecule has 0 radical (unpaired) electrons. The van der Waals surface area contributed by atoms with Crippen LogP contribution in [0.2, 0.25) is 5.02 Å². The van der Waals surface area contributed by atoms with E-state index in [0.29, 0.717) is 4.57 Å². The fourth-order valence-corrected chi connectivity index (χ4v) is 2.54. The van der Waals surface area contributed by atoms with E-state index in [1.807, 2.05) is 0 Å². The van der Waals surface area contributed by atoms with E-state index in [1.165, 1.54) is 28.1 Å². The minimum absolute atomic E-state index is 0.0207. The van der Waals surface area contributed by atoms with Crippen molar-refractivity contribution in [3.63, 3.8) is 0 Å². The van der Waals surface area contributed by atoms with Gasteiger partial charge < -0.3 is 9.57 Å². The number of methoxy groups -OCH3 is 1. The topological polar surface area (TPSA) is 96.8 Å². The zero-order valence-electron chi connectivity index (χ0n) is 15.3. The molecule has 2 aromatic rings. The van der Waals surface area contributed by atoms with Gasteiger partial charge in [0.25, 0.3) is 0 Å². The lowest BCUT2D eigenvalue weighted by molar-refractivity contribution is -0.152. The zero-order valence-corrected chi connectivity index (χ0v) is 16.9. The van der Waals surface area contributed by atoms with Crippen LogP contribution in [0.3, 0.4) is 0 Å². The highest BCUT2D eigenvalue weighted by Gasteiger charge is 2.17. The van der Waals surface area contributed by atoms with Crippen LogP contribution in [-0.4, -0.2) is 39.1 Å². The fraction of sp³-hybridized carbons (Fsp3) is 0.312. The Morgan fingerprint density at radius 3 is 2.39 bits per heavy atom. The van der Waals surface area contributed by atoms with E-state index in [9.17, 15) is 18.8 Å². The van der Waals surface area contributed by atoms with Gasteiger partial charge in [0.1, 0.15) is 5.82 Å². The molecule has 2 rings (SSSR count). The number of halogens is 2. The van der Waals surface area contributed by atoms with Gasteiger partial charge in [0.15, 0.2) is 4.77 Å². The molecule has 1 aromatic heterocycles. The van der Waals surface area contributed by atoms with Gasteiger partial charge in [-0.2, -0.15) is 0 Å². The summed E-state index contributed by atoms with van der Waals surface area (Å²) >= 11 is 11.0. The van der Waals surface area contributed by atoms with Crippen molar-refractivity contribution in [1.29, 1.82) is 0 Å². The summed E-state index contributed by atoms with van der Waals surface area (Å²) in [5.41, 5.74) is -1.85. The number of carbonyl (C=O) groups is 1. The molecule has 28 heavy (non-hydrogen) atoms. The van der Waals surface area contributed by atoms with Crippen molar-refractivity contribution in [1.82, 2.24) is 13.7 Å². The van der Waals surface area contributed by atoms with E-state index in [2.05, 4.69) is 9.89 Å². The average molecular weight is 431 g/mol. The van der Waals surface area contributed by atoms with Crippen LogP contribution in [0.1, 0.15) is 12.5 Å². The first-order valence-electron chi connectivity index (χ1n) is 7.75. The van der Waals surface area contributed by atoms with E-state index in [4.69, 9.17) is 28.7 Å². The molecule has 150 valence electrons. The zero-order chi connectivity index (χ0) is 21.2. The molecule has 0 aliphatic carbocycles. The number of hydrogen-bond donors (Lipinski definition) is 0. The summed E-state index contributed by atoms with van der Waals surface area (Å²) in [5.74, 6) is -1.54. The Balaban J connectivity index is 2.57. The predicted molar refractivity (Wildman–Crippen MR) is 102 cm³/mol. The molecule has 0 aliphatic rings. The second-order valence-corrected chi connectivity index (χ2v) is 6.40. The monoisotopic (exact) mass is 430 g/mol. The van der Waals surface area contributed by atoms with E-state index in [0.717, 1.165) is 27.5 Å². The summed E-state index contributed by atoms with van der Waals surface area (Å²) in [7, 11) is 3.92. The van der Waals surface area contributed by atoms with E-state index in [-0.39, 0.29) is 21.0 Å². The normalized spacial score (nSPS) is 12.2. The second kappa shape index (κ2) is 8.48. The van der Waals surface area contributed by atoms with Gasteiger partial charge in [-0.15, -0.1) is 0 Å². The van der Waals surface area contributed by atoms with E-state index >= 15 is 0 Å². The number of benzene rings is 1. The van der Waals surface area contributed by atoms with Gasteiger partial charge in [0.05, 0.1) is 24.0 Å². The van der Waals surface area contributed by atoms with Crippen LogP contribution in [0.15, 0.2) is 26.9 Å². The number of nitrogens with zero attached hydrogens (tertiary/aromatic N) is 4. The van der Waals surface area contributed by atoms with Crippen molar-refractivity contribution in [3.05, 3.63) is 54.3 Å². The van der Waals surface area contributed by atoms with Crippen LogP contribution in [0.25, 0.3) is 5.69 Å². The molecule has 1 atom stereocenters. The molecule has 0 amide bonds. The Labute approximate surface area is 168 Å². The van der Waals surface area contributed by atoms with Crippen molar-refractivity contribution in [2.75, 3.05) is 7.11 Å². The third-order valence-corrected chi connectivity index (χ3v) is 4.66. The van der Waals surface area contributed by atoms with Gasteiger partial charge in [-0.25, -0.2) is 23.3 Å². The molecular formula is C16H16ClFN4O5S. The van der Waals surface area contributed by atoms with Crippen LogP contribution in [0.4, 0.5) is 4.39 Å². The number of hydrogen-bond acceptors (Lipinski definition) is 7. The van der Waals surface area contributed by atoms with Crippen molar-refractivity contribution in [2.24, 2.45) is 19.3 Å². The molecule has 12 heteroatoms. The number of esters is 1. The van der Waals surface area contributed by atoms with Gasteiger partial charge in [-0.05, 0) is 31.3 Å². The van der Waals surface area contributed by atoms with Crippen LogP contribution in [-0.2, 0) is 28.5 Å². The van der Waals surface area contributed by atoms with Crippen LogP contribution in [0, 0.1) is 10.6 Å². The smallest absolute Gasteiger partial charge is 0.349 e. The van der Waals surface area contributed by atoms with Gasteiger partial charge in [0.2, 0.25) is 6.10 Å². The maximum atomic E-state index is 14.5. The molecule has 0 spiro atoms. The van der Waals surface area contributed by atoms with E-state index < -0.39 is 29.3 Å². The quantitative estimate of drug-likeness (QED) is 0.307. The van der Waals surface area contributed by atoms with Crippen molar-refractivity contribution in [2.45, 2.75) is 13.0 Å². The van der Waals surface area contributed by atoms with Crippen LogP contribution in [0.5, 0.6) is 0 Å². The second-order valence-electron chi connectivity index (χ2n) is 5.63. The molecule has 9 nitrogen and oxygen atoms in total. The molecule has 0 fully saturated rings. The maximum absolute atomic E-state index is 14.5. The summed E-state index contributed by atoms with van der Waals surface area (Å²) in [4.78, 5) is 41.1. The summed E-state index contributed by atoms with van der Waals surface area (Å²) in [5, 5.41) is 3.56. The molecule has 0 aliphatic heterocycles. The first kappa shape index (κ1) is 21.5. The number of oxime groups is 1. The highest BCUT2D eigenvalue weighted by molar-refractivity contribution is 7.71. The first-order valence-corrected chi connectivity index (χ1v) is 8.54. The van der Waals surface area contributed by atoms with Crippen LogP contribution >= 0.6 is 23.8 Å². The lowest BCUT2D eigenvalue weighted by atomic mass is 10.2. The van der Waals surface area contributed by atoms with Crippen molar-refractivity contribution < 1.29 is 18.8 Å². The number of aromatic nitrogens is 3. The average Bonchev–Trinajstić information content (AvgIpc) is 2.66. The Morgan fingerprint density at radius 2 is 1.86 bits per heavy atom. The highest BCUT2D eigenvalue weighted by atomic mass is 35.5. The third kappa shape index (κ3) is 4.04. The fourth-order valence-electron chi connectivity index (χ4n) is 2.19. The number of ether oxygens (including phenoxy) is 1. The lowest BCUT2D eigenvalue weighted by Crippen LogP contribution is -2.43. The molecule has 0 bridgehead atoms. The molecule has 0 saturated heterocycles. The van der Waals surface area contributed by atoms with Gasteiger partial charge in [-0.1, -0.05) is 16.8 Å². The highest BCUT2D eigenvalue weighted by Crippen LogP contribution is 2.21. The Morgan fingerprint density at radius 1 is 1.29 bits per heavy atom. The summed E-state index contributed by atoms with van der Waals surface area (Å²) < 4.78 is 21.6. The molecule has 1 heterocycles. The summed E-state index contributed by atoms with van der Waals surface area (Å²) in [6, 6.07) is 2.08. The lowest BCUT2D eigenvalue weighted by Gasteiger charge is -2.12. The Hall–Kier alpha value is -2.79.